The Labute approximate surface area is 81.0 Å². The Kier molecular flexibility index (Phi) is 2.15. The first-order valence-corrected chi connectivity index (χ1v) is 5.29. The summed E-state index contributed by atoms with van der Waals surface area (Å²) in [5, 5.41) is 0. The maximum Gasteiger partial charge on any atom is -0.0130 e. The van der Waals surface area contributed by atoms with E-state index in [1.807, 2.05) is 0 Å². The molecule has 70 valence electrons. The molecule has 2 rings (SSSR count). The van der Waals surface area contributed by atoms with Crippen LogP contribution in [0.4, 0.5) is 0 Å². The molecule has 0 heteroatoms. The van der Waals surface area contributed by atoms with Crippen molar-refractivity contribution in [3.8, 4) is 0 Å². The van der Waals surface area contributed by atoms with Crippen LogP contribution in [-0.2, 0) is 0 Å². The maximum atomic E-state index is 2.35. The van der Waals surface area contributed by atoms with E-state index in [9.17, 15) is 0 Å². The molecule has 1 fully saturated rings. The van der Waals surface area contributed by atoms with E-state index in [1.165, 1.54) is 6.42 Å². The maximum absolute atomic E-state index is 2.35. The summed E-state index contributed by atoms with van der Waals surface area (Å²) in [5.74, 6) is 2.45. The first kappa shape index (κ1) is 8.80. The molecule has 0 spiro atoms. The van der Waals surface area contributed by atoms with Crippen molar-refractivity contribution in [2.45, 2.75) is 39.0 Å². The summed E-state index contributed by atoms with van der Waals surface area (Å²) in [6.07, 6.45) is 1.39. The summed E-state index contributed by atoms with van der Waals surface area (Å²) < 4.78 is 0. The summed E-state index contributed by atoms with van der Waals surface area (Å²) in [4.78, 5) is 0. The molecule has 0 saturated heterocycles. The molecular formula is C13H18. The van der Waals surface area contributed by atoms with Crippen LogP contribution in [0.2, 0.25) is 0 Å². The van der Waals surface area contributed by atoms with Crippen molar-refractivity contribution < 1.29 is 0 Å². The van der Waals surface area contributed by atoms with Gasteiger partial charge in [-0.05, 0) is 35.3 Å². The lowest BCUT2D eigenvalue weighted by Crippen LogP contribution is -1.94. The van der Waals surface area contributed by atoms with E-state index in [1.54, 1.807) is 11.1 Å². The predicted molar refractivity (Wildman–Crippen MR) is 57.1 cm³/mol. The average molecular weight is 174 g/mol. The normalized spacial score (nSPS) is 26.5. The highest BCUT2D eigenvalue weighted by atomic mass is 14.4. The van der Waals surface area contributed by atoms with Crippen molar-refractivity contribution in [3.63, 3.8) is 0 Å². The quantitative estimate of drug-likeness (QED) is 0.637. The van der Waals surface area contributed by atoms with Gasteiger partial charge in [0.25, 0.3) is 0 Å². The summed E-state index contributed by atoms with van der Waals surface area (Å²) >= 11 is 0. The second-order valence-electron chi connectivity index (χ2n) is 4.60. The van der Waals surface area contributed by atoms with Crippen molar-refractivity contribution >= 4 is 0 Å². The van der Waals surface area contributed by atoms with Gasteiger partial charge in [0, 0.05) is 0 Å². The van der Waals surface area contributed by atoms with Crippen LogP contribution in [-0.4, -0.2) is 0 Å². The fourth-order valence-electron chi connectivity index (χ4n) is 2.13. The lowest BCUT2D eigenvalue weighted by atomic mass is 9.94. The van der Waals surface area contributed by atoms with Gasteiger partial charge in [0.1, 0.15) is 0 Å². The van der Waals surface area contributed by atoms with Crippen LogP contribution in [0.25, 0.3) is 0 Å². The van der Waals surface area contributed by atoms with Crippen LogP contribution in [0.15, 0.2) is 24.3 Å². The van der Waals surface area contributed by atoms with E-state index >= 15 is 0 Å². The zero-order chi connectivity index (χ0) is 9.42. The topological polar surface area (TPSA) is 0 Å². The van der Waals surface area contributed by atoms with Gasteiger partial charge in [0.15, 0.2) is 0 Å². The summed E-state index contributed by atoms with van der Waals surface area (Å²) in [6.45, 7) is 6.92. The highest BCUT2D eigenvalue weighted by Gasteiger charge is 2.35. The molecule has 0 radical (unpaired) electrons. The number of benzene rings is 1. The van der Waals surface area contributed by atoms with Gasteiger partial charge in [-0.15, -0.1) is 0 Å². The predicted octanol–water partition coefficient (Wildman–Crippen LogP) is 3.93. The zero-order valence-electron chi connectivity index (χ0n) is 8.75. The molecule has 2 atom stereocenters. The van der Waals surface area contributed by atoms with E-state index in [2.05, 4.69) is 45.0 Å². The highest BCUT2D eigenvalue weighted by molar-refractivity contribution is 5.36. The molecule has 13 heavy (non-hydrogen) atoms. The third kappa shape index (κ3) is 1.63. The lowest BCUT2D eigenvalue weighted by molar-refractivity contribution is 0.824. The average Bonchev–Trinajstić information content (AvgIpc) is 2.82. The van der Waals surface area contributed by atoms with Crippen LogP contribution in [0.3, 0.4) is 0 Å². The largest absolute Gasteiger partial charge is 0.0620 e. The molecule has 0 bridgehead atoms. The van der Waals surface area contributed by atoms with Gasteiger partial charge in [0.2, 0.25) is 0 Å². The van der Waals surface area contributed by atoms with Crippen LogP contribution in [0.1, 0.15) is 50.2 Å². The molecule has 0 N–H and O–H groups in total. The third-order valence-electron chi connectivity index (χ3n) is 3.13. The van der Waals surface area contributed by atoms with Gasteiger partial charge in [-0.25, -0.2) is 0 Å². The zero-order valence-corrected chi connectivity index (χ0v) is 8.75. The van der Waals surface area contributed by atoms with Crippen LogP contribution in [0.5, 0.6) is 0 Å². The van der Waals surface area contributed by atoms with Gasteiger partial charge >= 0.3 is 0 Å². The molecule has 1 aromatic carbocycles. The van der Waals surface area contributed by atoms with E-state index in [-0.39, 0.29) is 0 Å². The van der Waals surface area contributed by atoms with Crippen molar-refractivity contribution in [3.05, 3.63) is 35.4 Å². The minimum absolute atomic E-state index is 0.670. The summed E-state index contributed by atoms with van der Waals surface area (Å²) in [5.41, 5.74) is 3.15. The Bertz CT molecular complexity index is 299. The molecule has 0 heterocycles. The van der Waals surface area contributed by atoms with E-state index in [0.29, 0.717) is 5.92 Å². The standard InChI is InChI=1S/C13H18/c1-9(2)11-6-4-5-7-12(11)13-8-10(13)3/h4-7,9-10,13H,8H2,1-3H3/t10-,13-/m1/s1. The van der Waals surface area contributed by atoms with Crippen LogP contribution < -0.4 is 0 Å². The Morgan fingerprint density at radius 2 is 1.85 bits per heavy atom. The second-order valence-corrected chi connectivity index (χ2v) is 4.60. The summed E-state index contributed by atoms with van der Waals surface area (Å²) in [7, 11) is 0. The fraction of sp³-hybridized carbons (Fsp3) is 0.538. The van der Waals surface area contributed by atoms with Gasteiger partial charge < -0.3 is 0 Å². The molecular weight excluding hydrogens is 156 g/mol. The van der Waals surface area contributed by atoms with Gasteiger partial charge in [-0.1, -0.05) is 45.0 Å². The van der Waals surface area contributed by atoms with E-state index in [0.717, 1.165) is 11.8 Å². The molecule has 1 aliphatic carbocycles. The van der Waals surface area contributed by atoms with Crippen molar-refractivity contribution in [2.24, 2.45) is 5.92 Å². The fourth-order valence-corrected chi connectivity index (χ4v) is 2.13. The molecule has 1 aromatic rings. The molecule has 1 saturated carbocycles. The molecule has 0 nitrogen and oxygen atoms in total. The van der Waals surface area contributed by atoms with Gasteiger partial charge in [-0.3, -0.25) is 0 Å². The Morgan fingerprint density at radius 1 is 1.23 bits per heavy atom. The second kappa shape index (κ2) is 3.17. The molecule has 1 aliphatic rings. The Hall–Kier alpha value is -0.780. The van der Waals surface area contributed by atoms with E-state index in [4.69, 9.17) is 0 Å². The number of hydrogen-bond acceptors (Lipinski definition) is 0. The third-order valence-corrected chi connectivity index (χ3v) is 3.13. The van der Waals surface area contributed by atoms with Gasteiger partial charge in [0.05, 0.1) is 0 Å². The minimum Gasteiger partial charge on any atom is -0.0620 e. The summed E-state index contributed by atoms with van der Waals surface area (Å²) in [6, 6.07) is 8.92. The monoisotopic (exact) mass is 174 g/mol. The van der Waals surface area contributed by atoms with E-state index < -0.39 is 0 Å². The lowest BCUT2D eigenvalue weighted by Gasteiger charge is -2.11. The Morgan fingerprint density at radius 3 is 2.38 bits per heavy atom. The molecule has 0 aromatic heterocycles. The van der Waals surface area contributed by atoms with Gasteiger partial charge in [-0.2, -0.15) is 0 Å². The number of rotatable bonds is 2. The molecule has 0 unspecified atom stereocenters. The van der Waals surface area contributed by atoms with Crippen molar-refractivity contribution in [2.75, 3.05) is 0 Å². The first-order valence-electron chi connectivity index (χ1n) is 5.29. The minimum atomic E-state index is 0.670. The SMILES string of the molecule is CC(C)c1ccccc1[C@@H]1C[C@H]1C. The van der Waals surface area contributed by atoms with Crippen LogP contribution in [0, 0.1) is 5.92 Å². The Balaban J connectivity index is 2.33. The number of hydrogen-bond donors (Lipinski definition) is 0. The van der Waals surface area contributed by atoms with Crippen LogP contribution >= 0.6 is 0 Å². The van der Waals surface area contributed by atoms with Crippen molar-refractivity contribution in [1.82, 2.24) is 0 Å². The highest BCUT2D eigenvalue weighted by Crippen LogP contribution is 2.48. The smallest absolute Gasteiger partial charge is 0.0130 e. The molecule has 0 amide bonds. The first-order chi connectivity index (χ1) is 6.20. The molecule has 0 aliphatic heterocycles. The van der Waals surface area contributed by atoms with Crippen molar-refractivity contribution in [1.29, 1.82) is 0 Å².